The lowest BCUT2D eigenvalue weighted by molar-refractivity contribution is -0.133. The summed E-state index contributed by atoms with van der Waals surface area (Å²) in [5.41, 5.74) is 2.89. The molecule has 0 aliphatic carbocycles. The molecule has 0 saturated heterocycles. The molecule has 0 atom stereocenters. The van der Waals surface area contributed by atoms with Gasteiger partial charge in [0.2, 0.25) is 0 Å². The maximum absolute atomic E-state index is 12.2. The Morgan fingerprint density at radius 3 is 2.04 bits per heavy atom. The molecule has 0 aliphatic heterocycles. The van der Waals surface area contributed by atoms with Crippen molar-refractivity contribution in [3.8, 4) is 0 Å². The second kappa shape index (κ2) is 8.92. The third-order valence-electron chi connectivity index (χ3n) is 3.91. The molecule has 0 heterocycles. The first-order chi connectivity index (χ1) is 12.3. The van der Waals surface area contributed by atoms with Gasteiger partial charge in [-0.3, -0.25) is 9.59 Å². The Bertz CT molecular complexity index is 800. The highest BCUT2D eigenvalue weighted by molar-refractivity contribution is 6.44. The average molecular weight is 394 g/mol. The van der Waals surface area contributed by atoms with E-state index in [0.717, 1.165) is 24.3 Å². The zero-order chi connectivity index (χ0) is 19.3. The molecular weight excluding hydrogens is 373 g/mol. The Balaban J connectivity index is 2.07. The van der Waals surface area contributed by atoms with Crippen molar-refractivity contribution in [2.24, 2.45) is 0 Å². The van der Waals surface area contributed by atoms with Crippen molar-refractivity contribution < 1.29 is 9.59 Å². The SMILES string of the molecule is CCN(CC)c1ccc(NC(=O)C(=O)Nc2cc(Cl)cc(Cl)c2)c(C)c1. The number of nitrogens with zero attached hydrogens (tertiary/aromatic N) is 1. The van der Waals surface area contributed by atoms with E-state index >= 15 is 0 Å². The predicted octanol–water partition coefficient (Wildman–Crippen LogP) is 4.73. The molecule has 2 aromatic carbocycles. The van der Waals surface area contributed by atoms with Crippen LogP contribution in [0.15, 0.2) is 36.4 Å². The molecule has 7 heteroatoms. The molecule has 2 rings (SSSR count). The molecular formula is C19H21Cl2N3O2. The van der Waals surface area contributed by atoms with Crippen molar-refractivity contribution in [2.75, 3.05) is 28.6 Å². The standard InChI is InChI=1S/C19H21Cl2N3O2/c1-4-24(5-2)16-6-7-17(12(3)8-16)23-19(26)18(25)22-15-10-13(20)9-14(21)11-15/h6-11H,4-5H2,1-3H3,(H,22,25)(H,23,26). The lowest BCUT2D eigenvalue weighted by atomic mass is 10.1. The highest BCUT2D eigenvalue weighted by atomic mass is 35.5. The number of hydrogen-bond donors (Lipinski definition) is 2. The molecule has 2 aromatic rings. The number of carbonyl (C=O) groups excluding carboxylic acids is 2. The summed E-state index contributed by atoms with van der Waals surface area (Å²) in [6.07, 6.45) is 0. The number of rotatable bonds is 5. The van der Waals surface area contributed by atoms with Crippen LogP contribution in [0.2, 0.25) is 10.0 Å². The fraction of sp³-hybridized carbons (Fsp3) is 0.263. The number of nitrogens with one attached hydrogen (secondary N) is 2. The number of benzene rings is 2. The molecule has 5 nitrogen and oxygen atoms in total. The van der Waals surface area contributed by atoms with E-state index in [2.05, 4.69) is 29.4 Å². The van der Waals surface area contributed by atoms with Gasteiger partial charge in [-0.25, -0.2) is 0 Å². The summed E-state index contributed by atoms with van der Waals surface area (Å²) in [5.74, 6) is -1.56. The van der Waals surface area contributed by atoms with Crippen molar-refractivity contribution in [3.05, 3.63) is 52.0 Å². The van der Waals surface area contributed by atoms with Crippen LogP contribution in [0.5, 0.6) is 0 Å². The van der Waals surface area contributed by atoms with Crippen LogP contribution in [0.25, 0.3) is 0 Å². The third-order valence-corrected chi connectivity index (χ3v) is 4.35. The second-order valence-corrected chi connectivity index (χ2v) is 6.61. The monoisotopic (exact) mass is 393 g/mol. The molecule has 0 spiro atoms. The van der Waals surface area contributed by atoms with Crippen molar-refractivity contribution in [3.63, 3.8) is 0 Å². The highest BCUT2D eigenvalue weighted by Crippen LogP contribution is 2.24. The van der Waals surface area contributed by atoms with E-state index in [1.165, 1.54) is 12.1 Å². The van der Waals surface area contributed by atoms with Crippen molar-refractivity contribution in [1.29, 1.82) is 0 Å². The first-order valence-electron chi connectivity index (χ1n) is 8.28. The van der Waals surface area contributed by atoms with Crippen LogP contribution in [0, 0.1) is 6.92 Å². The van der Waals surface area contributed by atoms with Gasteiger partial charge in [0.05, 0.1) is 0 Å². The summed E-state index contributed by atoms with van der Waals surface area (Å²) < 4.78 is 0. The van der Waals surface area contributed by atoms with Crippen LogP contribution in [-0.4, -0.2) is 24.9 Å². The van der Waals surface area contributed by atoms with Gasteiger partial charge >= 0.3 is 11.8 Å². The van der Waals surface area contributed by atoms with Crippen LogP contribution in [0.4, 0.5) is 17.1 Å². The molecule has 0 radical (unpaired) electrons. The summed E-state index contributed by atoms with van der Waals surface area (Å²) in [7, 11) is 0. The highest BCUT2D eigenvalue weighted by Gasteiger charge is 2.16. The number of carbonyl (C=O) groups is 2. The Morgan fingerprint density at radius 2 is 1.50 bits per heavy atom. The molecule has 0 aromatic heterocycles. The number of amides is 2. The molecule has 0 unspecified atom stereocenters. The van der Waals surface area contributed by atoms with E-state index < -0.39 is 11.8 Å². The first kappa shape index (κ1) is 20.1. The van der Waals surface area contributed by atoms with Crippen molar-refractivity contribution in [2.45, 2.75) is 20.8 Å². The van der Waals surface area contributed by atoms with Gasteiger partial charge < -0.3 is 15.5 Å². The topological polar surface area (TPSA) is 61.4 Å². The molecule has 26 heavy (non-hydrogen) atoms. The molecule has 0 saturated carbocycles. The summed E-state index contributed by atoms with van der Waals surface area (Å²) in [4.78, 5) is 26.5. The quantitative estimate of drug-likeness (QED) is 0.721. The van der Waals surface area contributed by atoms with Crippen LogP contribution in [0.1, 0.15) is 19.4 Å². The lowest BCUT2D eigenvalue weighted by Crippen LogP contribution is -2.29. The van der Waals surface area contributed by atoms with Gasteiger partial charge in [0.15, 0.2) is 0 Å². The van der Waals surface area contributed by atoms with Crippen molar-refractivity contribution >= 4 is 52.1 Å². The minimum atomic E-state index is -0.796. The largest absolute Gasteiger partial charge is 0.372 e. The summed E-state index contributed by atoms with van der Waals surface area (Å²) in [6, 6.07) is 10.3. The van der Waals surface area contributed by atoms with E-state index in [4.69, 9.17) is 23.2 Å². The molecule has 0 fully saturated rings. The Kier molecular flexibility index (Phi) is 6.89. The number of hydrogen-bond acceptors (Lipinski definition) is 3. The maximum Gasteiger partial charge on any atom is 0.314 e. The van der Waals surface area contributed by atoms with Crippen LogP contribution >= 0.6 is 23.2 Å². The van der Waals surface area contributed by atoms with E-state index in [9.17, 15) is 9.59 Å². The van der Waals surface area contributed by atoms with Gasteiger partial charge in [0, 0.05) is 40.2 Å². The van der Waals surface area contributed by atoms with Gasteiger partial charge in [0.1, 0.15) is 0 Å². The van der Waals surface area contributed by atoms with Crippen LogP contribution in [0.3, 0.4) is 0 Å². The molecule has 2 N–H and O–H groups in total. The third kappa shape index (κ3) is 5.13. The molecule has 138 valence electrons. The summed E-state index contributed by atoms with van der Waals surface area (Å²) in [5, 5.41) is 5.85. The van der Waals surface area contributed by atoms with E-state index in [0.29, 0.717) is 21.4 Å². The summed E-state index contributed by atoms with van der Waals surface area (Å²) >= 11 is 11.8. The second-order valence-electron chi connectivity index (χ2n) is 5.74. The van der Waals surface area contributed by atoms with E-state index in [1.807, 2.05) is 19.1 Å². The molecule has 0 aliphatic rings. The van der Waals surface area contributed by atoms with Gasteiger partial charge in [-0.2, -0.15) is 0 Å². The number of halogens is 2. The molecule has 2 amide bonds. The van der Waals surface area contributed by atoms with Gasteiger partial charge in [-0.05, 0) is 62.7 Å². The first-order valence-corrected chi connectivity index (χ1v) is 9.03. The normalized spacial score (nSPS) is 10.3. The minimum Gasteiger partial charge on any atom is -0.372 e. The lowest BCUT2D eigenvalue weighted by Gasteiger charge is -2.22. The Hall–Kier alpha value is -2.24. The minimum absolute atomic E-state index is 0.358. The summed E-state index contributed by atoms with van der Waals surface area (Å²) in [6.45, 7) is 7.84. The molecule has 0 bridgehead atoms. The Labute approximate surface area is 163 Å². The zero-order valence-electron chi connectivity index (χ0n) is 14.9. The zero-order valence-corrected chi connectivity index (χ0v) is 16.4. The fourth-order valence-corrected chi connectivity index (χ4v) is 3.09. The van der Waals surface area contributed by atoms with Gasteiger partial charge in [-0.15, -0.1) is 0 Å². The van der Waals surface area contributed by atoms with Crippen LogP contribution < -0.4 is 15.5 Å². The number of anilines is 3. The van der Waals surface area contributed by atoms with E-state index in [1.54, 1.807) is 12.1 Å². The van der Waals surface area contributed by atoms with Crippen molar-refractivity contribution in [1.82, 2.24) is 0 Å². The Morgan fingerprint density at radius 1 is 0.923 bits per heavy atom. The van der Waals surface area contributed by atoms with Gasteiger partial charge in [-0.1, -0.05) is 23.2 Å². The fourth-order valence-electron chi connectivity index (χ4n) is 2.57. The van der Waals surface area contributed by atoms with E-state index in [-0.39, 0.29) is 0 Å². The average Bonchev–Trinajstić information content (AvgIpc) is 2.57. The predicted molar refractivity (Wildman–Crippen MR) is 108 cm³/mol. The van der Waals surface area contributed by atoms with Gasteiger partial charge in [0.25, 0.3) is 0 Å². The smallest absolute Gasteiger partial charge is 0.314 e. The van der Waals surface area contributed by atoms with Crippen LogP contribution in [-0.2, 0) is 9.59 Å². The maximum atomic E-state index is 12.2. The number of aryl methyl sites for hydroxylation is 1.